The lowest BCUT2D eigenvalue weighted by molar-refractivity contribution is 0.0921. The number of carbonyl (C=O) groups is 1. The number of aryl methyl sites for hydroxylation is 1. The van der Waals surface area contributed by atoms with Crippen LogP contribution in [0.2, 0.25) is 0 Å². The van der Waals surface area contributed by atoms with Gasteiger partial charge in [-0.2, -0.15) is 0 Å². The third-order valence-electron chi connectivity index (χ3n) is 4.22. The summed E-state index contributed by atoms with van der Waals surface area (Å²) in [4.78, 5) is 12.3. The molecule has 0 atom stereocenters. The highest BCUT2D eigenvalue weighted by Crippen LogP contribution is 2.45. The van der Waals surface area contributed by atoms with Crippen molar-refractivity contribution >= 4 is 29.3 Å². The lowest BCUT2D eigenvalue weighted by Crippen LogP contribution is -2.12. The number of ether oxygens (including phenoxy) is 1. The van der Waals surface area contributed by atoms with E-state index in [1.165, 1.54) is 17.1 Å². The van der Waals surface area contributed by atoms with Gasteiger partial charge in [0.15, 0.2) is 6.61 Å². The van der Waals surface area contributed by atoms with Crippen LogP contribution in [-0.2, 0) is 7.05 Å². The van der Waals surface area contributed by atoms with Gasteiger partial charge in [0.2, 0.25) is 5.78 Å². The minimum Gasteiger partial charge on any atom is -0.485 e. The van der Waals surface area contributed by atoms with Crippen LogP contribution in [0.15, 0.2) is 30.3 Å². The first kappa shape index (κ1) is 16.5. The Kier molecular flexibility index (Phi) is 5.07. The Hall–Kier alpha value is -1.33. The molecule has 0 N–H and O–H groups in total. The molecular weight excluding hydrogens is 326 g/mol. The number of hydrogen-bond donors (Lipinski definition) is 0. The minimum atomic E-state index is 0.0252. The second-order valence-corrected chi connectivity index (χ2v) is 8.42. The maximum Gasteiger partial charge on any atom is 0.202 e. The van der Waals surface area contributed by atoms with Gasteiger partial charge in [-0.05, 0) is 37.6 Å². The van der Waals surface area contributed by atoms with E-state index in [0.717, 1.165) is 22.7 Å². The molecule has 2 heterocycles. The highest BCUT2D eigenvalue weighted by molar-refractivity contribution is 8.19. The second kappa shape index (κ2) is 7.05. The van der Waals surface area contributed by atoms with Crippen molar-refractivity contribution in [2.75, 3.05) is 18.1 Å². The Morgan fingerprint density at radius 1 is 1.22 bits per heavy atom. The SMILES string of the molecule is Cc1cc(C(=O)COc2ccc(C3SCCS3)cc2)c(C)n1C. The van der Waals surface area contributed by atoms with Gasteiger partial charge < -0.3 is 9.30 Å². The summed E-state index contributed by atoms with van der Waals surface area (Å²) >= 11 is 3.98. The molecule has 1 aromatic heterocycles. The van der Waals surface area contributed by atoms with Gasteiger partial charge in [0.05, 0.1) is 4.58 Å². The molecule has 1 aliphatic heterocycles. The van der Waals surface area contributed by atoms with E-state index in [2.05, 4.69) is 12.1 Å². The van der Waals surface area contributed by atoms with Crippen LogP contribution in [0.25, 0.3) is 0 Å². The number of benzene rings is 1. The van der Waals surface area contributed by atoms with Crippen molar-refractivity contribution in [2.24, 2.45) is 7.05 Å². The van der Waals surface area contributed by atoms with Crippen molar-refractivity contribution in [2.45, 2.75) is 18.4 Å². The average molecular weight is 348 g/mol. The summed E-state index contributed by atoms with van der Waals surface area (Å²) in [6, 6.07) is 10.1. The van der Waals surface area contributed by atoms with E-state index in [0.29, 0.717) is 4.58 Å². The molecule has 0 aliphatic carbocycles. The van der Waals surface area contributed by atoms with Crippen molar-refractivity contribution in [3.05, 3.63) is 52.8 Å². The van der Waals surface area contributed by atoms with Crippen LogP contribution in [0.4, 0.5) is 0 Å². The molecule has 0 unspecified atom stereocenters. The number of aromatic nitrogens is 1. The Bertz CT molecular complexity index is 701. The van der Waals surface area contributed by atoms with E-state index in [9.17, 15) is 4.79 Å². The average Bonchev–Trinajstić information content (AvgIpc) is 3.18. The molecule has 1 aromatic carbocycles. The van der Waals surface area contributed by atoms with E-state index in [4.69, 9.17) is 4.74 Å². The number of Topliss-reactive ketones (excluding diaryl/α,β-unsaturated/α-hetero) is 1. The van der Waals surface area contributed by atoms with E-state index >= 15 is 0 Å². The van der Waals surface area contributed by atoms with E-state index < -0.39 is 0 Å². The first-order valence-corrected chi connectivity index (χ1v) is 9.78. The number of nitrogens with zero attached hydrogens (tertiary/aromatic N) is 1. The fraction of sp³-hybridized carbons (Fsp3) is 0.389. The molecule has 2 aromatic rings. The highest BCUT2D eigenvalue weighted by atomic mass is 32.2. The summed E-state index contributed by atoms with van der Waals surface area (Å²) in [6.07, 6.45) is 0. The molecule has 0 radical (unpaired) electrons. The van der Waals surface area contributed by atoms with Crippen LogP contribution < -0.4 is 4.74 Å². The lowest BCUT2D eigenvalue weighted by Gasteiger charge is -2.10. The van der Waals surface area contributed by atoms with Crippen molar-refractivity contribution in [1.29, 1.82) is 0 Å². The Morgan fingerprint density at radius 3 is 2.43 bits per heavy atom. The third-order valence-corrected chi connectivity index (χ3v) is 7.32. The van der Waals surface area contributed by atoms with Crippen LogP contribution in [0.5, 0.6) is 5.75 Å². The van der Waals surface area contributed by atoms with Gasteiger partial charge in [0, 0.05) is 35.5 Å². The van der Waals surface area contributed by atoms with Crippen LogP contribution >= 0.6 is 23.5 Å². The summed E-state index contributed by atoms with van der Waals surface area (Å²) in [5.41, 5.74) is 4.15. The summed E-state index contributed by atoms with van der Waals surface area (Å²) in [5.74, 6) is 3.22. The number of thioether (sulfide) groups is 2. The predicted molar refractivity (Wildman–Crippen MR) is 98.8 cm³/mol. The monoisotopic (exact) mass is 347 g/mol. The number of ketones is 1. The number of rotatable bonds is 5. The van der Waals surface area contributed by atoms with Crippen LogP contribution in [-0.4, -0.2) is 28.5 Å². The normalized spacial score (nSPS) is 15.1. The molecule has 1 saturated heterocycles. The zero-order valence-corrected chi connectivity index (χ0v) is 15.3. The molecule has 5 heteroatoms. The summed E-state index contributed by atoms with van der Waals surface area (Å²) in [5, 5.41) is 0. The van der Waals surface area contributed by atoms with Gasteiger partial charge in [-0.3, -0.25) is 4.79 Å². The van der Waals surface area contributed by atoms with E-state index in [1.54, 1.807) is 0 Å². The molecule has 23 heavy (non-hydrogen) atoms. The quantitative estimate of drug-likeness (QED) is 0.751. The Morgan fingerprint density at radius 2 is 1.87 bits per heavy atom. The lowest BCUT2D eigenvalue weighted by atomic mass is 10.1. The number of carbonyl (C=O) groups excluding carboxylic acids is 1. The van der Waals surface area contributed by atoms with Crippen LogP contribution in [0, 0.1) is 13.8 Å². The maximum absolute atomic E-state index is 12.3. The van der Waals surface area contributed by atoms with E-state index in [-0.39, 0.29) is 12.4 Å². The standard InChI is InChI=1S/C18H21NO2S2/c1-12-10-16(13(2)19(12)3)17(20)11-21-15-6-4-14(5-7-15)18-22-8-9-23-18/h4-7,10,18H,8-9,11H2,1-3H3. The van der Waals surface area contributed by atoms with Gasteiger partial charge in [0.25, 0.3) is 0 Å². The fourth-order valence-corrected chi connectivity index (χ4v) is 5.50. The maximum atomic E-state index is 12.3. The zero-order valence-electron chi connectivity index (χ0n) is 13.7. The zero-order chi connectivity index (χ0) is 16.4. The Labute approximate surface area is 145 Å². The first-order chi connectivity index (χ1) is 11.1. The summed E-state index contributed by atoms with van der Waals surface area (Å²) in [6.45, 7) is 4.05. The van der Waals surface area contributed by atoms with Gasteiger partial charge in [-0.25, -0.2) is 0 Å². The molecule has 0 amide bonds. The summed E-state index contributed by atoms with van der Waals surface area (Å²) in [7, 11) is 1.97. The van der Waals surface area contributed by atoms with Crippen LogP contribution in [0.1, 0.15) is 31.9 Å². The molecule has 1 aliphatic rings. The van der Waals surface area contributed by atoms with Gasteiger partial charge in [-0.1, -0.05) is 12.1 Å². The Balaban J connectivity index is 1.61. The van der Waals surface area contributed by atoms with Crippen molar-refractivity contribution in [3.63, 3.8) is 0 Å². The largest absolute Gasteiger partial charge is 0.485 e. The topological polar surface area (TPSA) is 31.2 Å². The van der Waals surface area contributed by atoms with Crippen molar-refractivity contribution in [3.8, 4) is 5.75 Å². The molecule has 0 saturated carbocycles. The van der Waals surface area contributed by atoms with Crippen molar-refractivity contribution in [1.82, 2.24) is 4.57 Å². The fourth-order valence-electron chi connectivity index (χ4n) is 2.64. The predicted octanol–water partition coefficient (Wildman–Crippen LogP) is 4.38. The van der Waals surface area contributed by atoms with Crippen molar-refractivity contribution < 1.29 is 9.53 Å². The molecule has 0 bridgehead atoms. The highest BCUT2D eigenvalue weighted by Gasteiger charge is 2.18. The molecular formula is C18H21NO2S2. The molecule has 0 spiro atoms. The second-order valence-electron chi connectivity index (χ2n) is 5.70. The van der Waals surface area contributed by atoms with Gasteiger partial charge in [0.1, 0.15) is 5.75 Å². The molecule has 3 rings (SSSR count). The molecule has 3 nitrogen and oxygen atoms in total. The minimum absolute atomic E-state index is 0.0252. The first-order valence-electron chi connectivity index (χ1n) is 7.68. The van der Waals surface area contributed by atoms with Gasteiger partial charge in [-0.15, -0.1) is 23.5 Å². The van der Waals surface area contributed by atoms with E-state index in [1.807, 2.05) is 67.2 Å². The summed E-state index contributed by atoms with van der Waals surface area (Å²) < 4.78 is 8.24. The third kappa shape index (κ3) is 3.61. The molecule has 122 valence electrons. The number of hydrogen-bond acceptors (Lipinski definition) is 4. The van der Waals surface area contributed by atoms with Crippen LogP contribution in [0.3, 0.4) is 0 Å². The van der Waals surface area contributed by atoms with Gasteiger partial charge >= 0.3 is 0 Å². The smallest absolute Gasteiger partial charge is 0.202 e. The molecule has 1 fully saturated rings.